The van der Waals surface area contributed by atoms with Crippen molar-refractivity contribution in [1.29, 1.82) is 0 Å². The van der Waals surface area contributed by atoms with Crippen LogP contribution in [-0.4, -0.2) is 33.9 Å². The molecule has 6 nitrogen and oxygen atoms in total. The Hall–Kier alpha value is -2.41. The van der Waals surface area contributed by atoms with Crippen LogP contribution in [0.5, 0.6) is 0 Å². The Kier molecular flexibility index (Phi) is 5.03. The van der Waals surface area contributed by atoms with Crippen molar-refractivity contribution in [3.63, 3.8) is 0 Å². The quantitative estimate of drug-likeness (QED) is 0.887. The summed E-state index contributed by atoms with van der Waals surface area (Å²) in [4.78, 5) is 18.4. The van der Waals surface area contributed by atoms with Gasteiger partial charge in [-0.2, -0.15) is 0 Å². The number of aliphatic hydroxyl groups is 1. The van der Waals surface area contributed by atoms with Crippen LogP contribution in [0.25, 0.3) is 0 Å². The van der Waals surface area contributed by atoms with Crippen LogP contribution in [0.4, 0.5) is 15.9 Å². The van der Waals surface area contributed by atoms with Crippen LogP contribution in [0, 0.1) is 5.82 Å². The predicted molar refractivity (Wildman–Crippen MR) is 95.4 cm³/mol. The molecule has 0 amide bonds. The lowest BCUT2D eigenvalue weighted by atomic mass is 10.0. The highest BCUT2D eigenvalue weighted by Gasteiger charge is 2.22. The Labute approximate surface area is 145 Å². The number of piperidine rings is 1. The molecule has 2 N–H and O–H groups in total. The topological polar surface area (TPSA) is 70.4 Å². The van der Waals surface area contributed by atoms with Crippen molar-refractivity contribution >= 4 is 11.5 Å². The van der Waals surface area contributed by atoms with Crippen molar-refractivity contribution in [3.8, 4) is 0 Å². The number of anilines is 2. The number of hydrogen-bond acceptors (Lipinski definition) is 5. The molecule has 2 aromatic rings. The summed E-state index contributed by atoms with van der Waals surface area (Å²) in [6.07, 6.45) is 4.26. The van der Waals surface area contributed by atoms with Gasteiger partial charge < -0.3 is 19.9 Å². The van der Waals surface area contributed by atoms with Crippen molar-refractivity contribution in [1.82, 2.24) is 9.55 Å². The third-order valence-electron chi connectivity index (χ3n) is 4.63. The van der Waals surface area contributed by atoms with Gasteiger partial charge in [-0.3, -0.25) is 4.79 Å². The second-order valence-corrected chi connectivity index (χ2v) is 6.48. The van der Waals surface area contributed by atoms with E-state index in [4.69, 9.17) is 0 Å². The molecule has 1 fully saturated rings. The van der Waals surface area contributed by atoms with Gasteiger partial charge in [0, 0.05) is 43.8 Å². The lowest BCUT2D eigenvalue weighted by Crippen LogP contribution is -2.36. The smallest absolute Gasteiger partial charge is 0.293 e. The molecule has 1 aromatic heterocycles. The van der Waals surface area contributed by atoms with Gasteiger partial charge in [0.25, 0.3) is 5.56 Å². The van der Waals surface area contributed by atoms with Gasteiger partial charge in [0.1, 0.15) is 5.82 Å². The fourth-order valence-corrected chi connectivity index (χ4v) is 3.15. The van der Waals surface area contributed by atoms with E-state index in [-0.39, 0.29) is 29.3 Å². The number of aliphatic hydroxyl groups excluding tert-OH is 1. The van der Waals surface area contributed by atoms with Gasteiger partial charge in [0.2, 0.25) is 0 Å². The molecule has 0 unspecified atom stereocenters. The number of halogens is 1. The highest BCUT2D eigenvalue weighted by Crippen LogP contribution is 2.30. The highest BCUT2D eigenvalue weighted by atomic mass is 19.1. The molecule has 0 bridgehead atoms. The molecule has 25 heavy (non-hydrogen) atoms. The number of benzene rings is 1. The monoisotopic (exact) mass is 346 g/mol. The van der Waals surface area contributed by atoms with Crippen LogP contribution < -0.4 is 15.8 Å². The molecule has 7 heteroatoms. The van der Waals surface area contributed by atoms with Crippen molar-refractivity contribution in [3.05, 3.63) is 52.3 Å². The fourth-order valence-electron chi connectivity index (χ4n) is 3.15. The molecule has 0 saturated carbocycles. The van der Waals surface area contributed by atoms with Crippen LogP contribution >= 0.6 is 0 Å². The van der Waals surface area contributed by atoms with Crippen LogP contribution in [0.1, 0.15) is 31.4 Å². The zero-order chi connectivity index (χ0) is 18.0. The molecule has 134 valence electrons. The first-order valence-electron chi connectivity index (χ1n) is 8.46. The first-order valence-corrected chi connectivity index (χ1v) is 8.46. The van der Waals surface area contributed by atoms with Gasteiger partial charge in [-0.25, -0.2) is 9.37 Å². The third-order valence-corrected chi connectivity index (χ3v) is 4.63. The van der Waals surface area contributed by atoms with Crippen molar-refractivity contribution in [2.24, 2.45) is 7.05 Å². The predicted octanol–water partition coefficient (Wildman–Crippen LogP) is 2.05. The maximum atomic E-state index is 13.9. The minimum atomic E-state index is -0.321. The number of nitrogens with one attached hydrogen (secondary N) is 1. The van der Waals surface area contributed by atoms with Gasteiger partial charge in [-0.1, -0.05) is 0 Å². The lowest BCUT2D eigenvalue weighted by molar-refractivity contribution is 0.145. The van der Waals surface area contributed by atoms with Crippen LogP contribution in [0.2, 0.25) is 0 Å². The Balaban J connectivity index is 1.89. The van der Waals surface area contributed by atoms with E-state index in [9.17, 15) is 14.3 Å². The van der Waals surface area contributed by atoms with E-state index in [0.717, 1.165) is 24.3 Å². The molecule has 1 aliphatic rings. The lowest BCUT2D eigenvalue weighted by Gasteiger charge is -2.34. The molecular formula is C18H23FN4O2. The average molecular weight is 346 g/mol. The molecule has 1 atom stereocenters. The standard InChI is InChI=1S/C18H23FN4O2/c1-12(21-17-18(25)22(2)10-7-20-17)15-11-13(19)3-4-16(15)23-8-5-14(24)6-9-23/h3-4,7,10-12,14,24H,5-6,8-9H2,1-2H3,(H,20,21)/t12-/m0/s1. The summed E-state index contributed by atoms with van der Waals surface area (Å²) in [7, 11) is 1.66. The molecule has 2 heterocycles. The molecule has 0 radical (unpaired) electrons. The number of aromatic nitrogens is 2. The highest BCUT2D eigenvalue weighted by molar-refractivity contribution is 5.57. The van der Waals surface area contributed by atoms with Gasteiger partial charge in [-0.05, 0) is 38.0 Å². The van der Waals surface area contributed by atoms with Crippen LogP contribution in [0.15, 0.2) is 35.4 Å². The number of nitrogens with zero attached hydrogens (tertiary/aromatic N) is 3. The van der Waals surface area contributed by atoms with Crippen molar-refractivity contribution in [2.45, 2.75) is 31.9 Å². The van der Waals surface area contributed by atoms with Crippen LogP contribution in [0.3, 0.4) is 0 Å². The number of aryl methyl sites for hydroxylation is 1. The van der Waals surface area contributed by atoms with Gasteiger partial charge in [0.15, 0.2) is 5.82 Å². The van der Waals surface area contributed by atoms with E-state index >= 15 is 0 Å². The Morgan fingerprint density at radius 3 is 2.80 bits per heavy atom. The van der Waals surface area contributed by atoms with E-state index in [0.29, 0.717) is 12.8 Å². The molecular weight excluding hydrogens is 323 g/mol. The van der Waals surface area contributed by atoms with Gasteiger partial charge >= 0.3 is 0 Å². The van der Waals surface area contributed by atoms with Crippen molar-refractivity contribution < 1.29 is 9.50 Å². The van der Waals surface area contributed by atoms with E-state index < -0.39 is 0 Å². The summed E-state index contributed by atoms with van der Waals surface area (Å²) in [5, 5.41) is 12.8. The molecule has 1 aromatic carbocycles. The third kappa shape index (κ3) is 3.82. The second-order valence-electron chi connectivity index (χ2n) is 6.48. The summed E-state index contributed by atoms with van der Waals surface area (Å²) in [5.74, 6) is -0.0832. The molecule has 0 spiro atoms. The summed E-state index contributed by atoms with van der Waals surface area (Å²) < 4.78 is 15.3. The second kappa shape index (κ2) is 7.23. The summed E-state index contributed by atoms with van der Waals surface area (Å²) >= 11 is 0. The fraction of sp³-hybridized carbons (Fsp3) is 0.444. The maximum absolute atomic E-state index is 13.9. The zero-order valence-corrected chi connectivity index (χ0v) is 14.4. The van der Waals surface area contributed by atoms with E-state index in [2.05, 4.69) is 15.2 Å². The van der Waals surface area contributed by atoms with E-state index in [1.54, 1.807) is 25.5 Å². The van der Waals surface area contributed by atoms with Crippen LogP contribution in [-0.2, 0) is 7.05 Å². The Morgan fingerprint density at radius 1 is 1.36 bits per heavy atom. The summed E-state index contributed by atoms with van der Waals surface area (Å²) in [5.41, 5.74) is 1.46. The van der Waals surface area contributed by atoms with E-state index in [1.807, 2.05) is 6.92 Å². The van der Waals surface area contributed by atoms with Gasteiger partial charge in [-0.15, -0.1) is 0 Å². The molecule has 3 rings (SSSR count). The minimum absolute atomic E-state index is 0.228. The van der Waals surface area contributed by atoms with Gasteiger partial charge in [0.05, 0.1) is 12.1 Å². The van der Waals surface area contributed by atoms with Crippen molar-refractivity contribution in [2.75, 3.05) is 23.3 Å². The summed E-state index contributed by atoms with van der Waals surface area (Å²) in [6.45, 7) is 3.32. The first kappa shape index (κ1) is 17.4. The largest absolute Gasteiger partial charge is 0.393 e. The first-order chi connectivity index (χ1) is 12.0. The zero-order valence-electron chi connectivity index (χ0n) is 14.4. The molecule has 0 aliphatic carbocycles. The minimum Gasteiger partial charge on any atom is -0.393 e. The Bertz CT molecular complexity index is 800. The molecule has 1 saturated heterocycles. The number of rotatable bonds is 4. The normalized spacial score (nSPS) is 16.7. The summed E-state index contributed by atoms with van der Waals surface area (Å²) in [6, 6.07) is 4.40. The average Bonchev–Trinajstić information content (AvgIpc) is 2.60. The Morgan fingerprint density at radius 2 is 2.08 bits per heavy atom. The SMILES string of the molecule is C[C@H](Nc1nccn(C)c1=O)c1cc(F)ccc1N1CCC(O)CC1. The maximum Gasteiger partial charge on any atom is 0.293 e. The number of hydrogen-bond donors (Lipinski definition) is 2. The van der Waals surface area contributed by atoms with E-state index in [1.165, 1.54) is 16.7 Å². The molecule has 1 aliphatic heterocycles.